The third kappa shape index (κ3) is 4.68. The van der Waals surface area contributed by atoms with Crippen LogP contribution in [0.15, 0.2) is 55.0 Å². The van der Waals surface area contributed by atoms with Crippen LogP contribution in [-0.2, 0) is 11.2 Å². The largest absolute Gasteiger partial charge is 0.322 e. The zero-order valence-corrected chi connectivity index (χ0v) is 21.2. The third-order valence-electron chi connectivity index (χ3n) is 6.70. The van der Waals surface area contributed by atoms with Crippen LogP contribution < -0.4 is 5.32 Å². The van der Waals surface area contributed by atoms with E-state index in [-0.39, 0.29) is 17.9 Å². The molecule has 37 heavy (non-hydrogen) atoms. The number of hydrogen-bond acceptors (Lipinski definition) is 5. The number of hydrogen-bond donors (Lipinski definition) is 1. The molecule has 8 heteroatoms. The number of likely N-dealkylation sites (tertiary alicyclic amines) is 1. The van der Waals surface area contributed by atoms with Gasteiger partial charge >= 0.3 is 0 Å². The lowest BCUT2D eigenvalue weighted by molar-refractivity contribution is -0.126. The number of aromatic nitrogens is 4. The molecule has 1 N–H and O–H groups in total. The third-order valence-corrected chi connectivity index (χ3v) is 6.70. The Labute approximate surface area is 215 Å². The molecule has 0 unspecified atom stereocenters. The summed E-state index contributed by atoms with van der Waals surface area (Å²) >= 11 is 0. The fraction of sp³-hybridized carbons (Fsp3) is 0.276. The average molecular weight is 493 g/mol. The molecule has 1 saturated heterocycles. The van der Waals surface area contributed by atoms with Crippen molar-refractivity contribution in [2.45, 2.75) is 46.1 Å². The lowest BCUT2D eigenvalue weighted by Gasteiger charge is -2.21. The van der Waals surface area contributed by atoms with Gasteiger partial charge in [-0.05, 0) is 68.9 Å². The first kappa shape index (κ1) is 24.2. The van der Waals surface area contributed by atoms with Gasteiger partial charge in [-0.3, -0.25) is 19.0 Å². The van der Waals surface area contributed by atoms with E-state index in [1.54, 1.807) is 36.4 Å². The van der Waals surface area contributed by atoms with E-state index < -0.39 is 0 Å². The Kier molecular flexibility index (Phi) is 6.69. The number of aryl methyl sites for hydroxylation is 2. The number of rotatable bonds is 5. The lowest BCUT2D eigenvalue weighted by Crippen LogP contribution is -2.30. The lowest BCUT2D eigenvalue weighted by atomic mass is 10.1. The molecular weight excluding hydrogens is 464 g/mol. The van der Waals surface area contributed by atoms with Crippen molar-refractivity contribution in [3.05, 3.63) is 77.6 Å². The van der Waals surface area contributed by atoms with Gasteiger partial charge in [0.15, 0.2) is 0 Å². The van der Waals surface area contributed by atoms with Crippen LogP contribution in [0.4, 0.5) is 5.82 Å². The Morgan fingerprint density at radius 1 is 1.14 bits per heavy atom. The van der Waals surface area contributed by atoms with Crippen molar-refractivity contribution in [3.63, 3.8) is 0 Å². The Morgan fingerprint density at radius 2 is 1.95 bits per heavy atom. The molecule has 4 aromatic rings. The minimum absolute atomic E-state index is 0.159. The van der Waals surface area contributed by atoms with Crippen molar-refractivity contribution in [1.82, 2.24) is 24.3 Å². The summed E-state index contributed by atoms with van der Waals surface area (Å²) < 4.78 is 2.03. The molecule has 3 aromatic heterocycles. The minimum Gasteiger partial charge on any atom is -0.322 e. The molecule has 4 heterocycles. The maximum Gasteiger partial charge on any atom is 0.299 e. The van der Waals surface area contributed by atoms with E-state index in [1.807, 2.05) is 41.8 Å². The number of imidazole rings is 1. The Morgan fingerprint density at radius 3 is 2.70 bits per heavy atom. The fourth-order valence-corrected chi connectivity index (χ4v) is 4.84. The Balaban J connectivity index is 1.48. The van der Waals surface area contributed by atoms with E-state index in [4.69, 9.17) is 4.98 Å². The number of fused-ring (bicyclic) bond motifs is 1. The highest BCUT2D eigenvalue weighted by Crippen LogP contribution is 2.35. The summed E-state index contributed by atoms with van der Waals surface area (Å²) in [5, 5.41) is 2.87. The molecule has 8 nitrogen and oxygen atoms in total. The van der Waals surface area contributed by atoms with Crippen LogP contribution in [0.1, 0.15) is 60.2 Å². The van der Waals surface area contributed by atoms with Gasteiger partial charge < -0.3 is 10.2 Å². The van der Waals surface area contributed by atoms with Gasteiger partial charge in [0.2, 0.25) is 0 Å². The highest BCUT2D eigenvalue weighted by Gasteiger charge is 2.33. The molecular formula is C29H28N6O2. The second-order valence-electron chi connectivity index (χ2n) is 9.02. The summed E-state index contributed by atoms with van der Waals surface area (Å²) in [6, 6.07) is 11.0. The normalized spacial score (nSPS) is 14.9. The molecule has 5 rings (SSSR count). The number of nitrogens with one attached hydrogen (secondary N) is 1. The van der Waals surface area contributed by atoms with E-state index >= 15 is 0 Å². The first-order chi connectivity index (χ1) is 18.0. The second-order valence-corrected chi connectivity index (χ2v) is 9.02. The molecule has 2 amide bonds. The van der Waals surface area contributed by atoms with E-state index in [0.29, 0.717) is 17.9 Å². The number of nitrogens with zero attached hydrogens (tertiary/aromatic N) is 5. The van der Waals surface area contributed by atoms with E-state index in [0.717, 1.165) is 53.1 Å². The van der Waals surface area contributed by atoms with Crippen LogP contribution in [0.2, 0.25) is 0 Å². The number of amides is 2. The van der Waals surface area contributed by atoms with Crippen molar-refractivity contribution >= 4 is 23.1 Å². The van der Waals surface area contributed by atoms with Crippen molar-refractivity contribution in [3.8, 4) is 23.1 Å². The van der Waals surface area contributed by atoms with Gasteiger partial charge in [-0.15, -0.1) is 0 Å². The van der Waals surface area contributed by atoms with Crippen LogP contribution >= 0.6 is 0 Å². The van der Waals surface area contributed by atoms with Gasteiger partial charge in [-0.25, -0.2) is 9.97 Å². The predicted molar refractivity (Wildman–Crippen MR) is 142 cm³/mol. The molecule has 1 aliphatic rings. The Hall–Kier alpha value is -4.51. The smallest absolute Gasteiger partial charge is 0.299 e. The summed E-state index contributed by atoms with van der Waals surface area (Å²) in [7, 11) is 0. The maximum absolute atomic E-state index is 12.8. The summed E-state index contributed by atoms with van der Waals surface area (Å²) in [4.78, 5) is 41.0. The summed E-state index contributed by atoms with van der Waals surface area (Å²) in [6.07, 6.45) is 7.93. The van der Waals surface area contributed by atoms with Crippen LogP contribution in [0.25, 0.3) is 16.8 Å². The van der Waals surface area contributed by atoms with Gasteiger partial charge in [0.1, 0.15) is 11.6 Å². The molecule has 1 fully saturated rings. The minimum atomic E-state index is -0.224. The Bertz CT molecular complexity index is 1540. The highest BCUT2D eigenvalue weighted by atomic mass is 16.2. The van der Waals surface area contributed by atoms with Gasteiger partial charge in [0.05, 0.1) is 22.9 Å². The first-order valence-corrected chi connectivity index (χ1v) is 12.4. The standard InChI is InChI=1S/C29H28N6O2/c1-4-7-25(36)34-16-6-8-23(34)28-33-26(27-19(3)30-15-17-35(27)28)21-9-11-22(12-10-21)29(37)32-24-18-20(5-2)13-14-31-24/h9-15,17-18,23H,5-6,8,16H2,1-3H3,(H,31,32,37)/t23-/m0/s1. The molecule has 1 atom stereocenters. The summed E-state index contributed by atoms with van der Waals surface area (Å²) in [5.74, 6) is 6.31. The molecule has 1 aromatic carbocycles. The van der Waals surface area contributed by atoms with Crippen LogP contribution in [0, 0.1) is 18.8 Å². The van der Waals surface area contributed by atoms with Gasteiger partial charge in [-0.1, -0.05) is 25.0 Å². The second kappa shape index (κ2) is 10.2. The maximum atomic E-state index is 12.8. The predicted octanol–water partition coefficient (Wildman–Crippen LogP) is 4.60. The van der Waals surface area contributed by atoms with Crippen molar-refractivity contribution < 1.29 is 9.59 Å². The molecule has 0 saturated carbocycles. The summed E-state index contributed by atoms with van der Waals surface area (Å²) in [5.41, 5.74) is 4.99. The van der Waals surface area contributed by atoms with Gasteiger partial charge in [-0.2, -0.15) is 0 Å². The number of carbonyl (C=O) groups is 2. The van der Waals surface area contributed by atoms with Crippen LogP contribution in [0.5, 0.6) is 0 Å². The quantitative estimate of drug-likeness (QED) is 0.411. The number of pyridine rings is 1. The van der Waals surface area contributed by atoms with Gasteiger partial charge in [0.25, 0.3) is 11.8 Å². The van der Waals surface area contributed by atoms with E-state index in [1.165, 1.54) is 0 Å². The van der Waals surface area contributed by atoms with Gasteiger partial charge in [0, 0.05) is 36.3 Å². The van der Waals surface area contributed by atoms with Crippen molar-refractivity contribution in [2.24, 2.45) is 0 Å². The van der Waals surface area contributed by atoms with Crippen LogP contribution in [-0.4, -0.2) is 42.6 Å². The molecule has 186 valence electrons. The molecule has 0 aliphatic carbocycles. The molecule has 0 bridgehead atoms. The first-order valence-electron chi connectivity index (χ1n) is 12.4. The summed E-state index contributed by atoms with van der Waals surface area (Å²) in [6.45, 7) is 6.34. The average Bonchev–Trinajstić information content (AvgIpc) is 3.55. The highest BCUT2D eigenvalue weighted by molar-refractivity contribution is 6.04. The molecule has 0 spiro atoms. The zero-order valence-electron chi connectivity index (χ0n) is 21.2. The van der Waals surface area contributed by atoms with Crippen molar-refractivity contribution in [1.29, 1.82) is 0 Å². The molecule has 0 radical (unpaired) electrons. The number of carbonyl (C=O) groups excluding carboxylic acids is 2. The van der Waals surface area contributed by atoms with E-state index in [9.17, 15) is 9.59 Å². The SMILES string of the molecule is CC#CC(=O)N1CCC[C@H]1c1nc(-c2ccc(C(=O)Nc3cc(CC)ccn3)cc2)c2c(C)nccn12. The fourth-order valence-electron chi connectivity index (χ4n) is 4.84. The number of benzene rings is 1. The van der Waals surface area contributed by atoms with E-state index in [2.05, 4.69) is 34.0 Å². The van der Waals surface area contributed by atoms with Crippen molar-refractivity contribution in [2.75, 3.05) is 11.9 Å². The number of anilines is 1. The molecule has 1 aliphatic heterocycles. The van der Waals surface area contributed by atoms with Crippen LogP contribution in [0.3, 0.4) is 0 Å². The monoisotopic (exact) mass is 492 g/mol. The zero-order chi connectivity index (χ0) is 25.9. The topological polar surface area (TPSA) is 92.5 Å².